The Balaban J connectivity index is 1.67. The molecular formula is C28H23NO4S. The third-order valence-electron chi connectivity index (χ3n) is 5.86. The van der Waals surface area contributed by atoms with Crippen molar-refractivity contribution in [2.45, 2.75) is 11.0 Å². The molecule has 0 aliphatic carbocycles. The first-order valence-electron chi connectivity index (χ1n) is 10.8. The van der Waals surface area contributed by atoms with E-state index in [1.165, 1.54) is 3.97 Å². The first kappa shape index (κ1) is 21.9. The van der Waals surface area contributed by atoms with Crippen molar-refractivity contribution in [3.8, 4) is 17.0 Å². The number of fused-ring (bicyclic) bond motifs is 1. The summed E-state index contributed by atoms with van der Waals surface area (Å²) in [5.41, 5.74) is 3.16. The number of ether oxygens (including phenoxy) is 1. The molecule has 0 fully saturated rings. The van der Waals surface area contributed by atoms with Crippen molar-refractivity contribution in [1.29, 1.82) is 0 Å². The highest BCUT2D eigenvalue weighted by molar-refractivity contribution is 7.90. The minimum Gasteiger partial charge on any atom is -0.497 e. The van der Waals surface area contributed by atoms with Crippen molar-refractivity contribution in [3.05, 3.63) is 120 Å². The summed E-state index contributed by atoms with van der Waals surface area (Å²) >= 11 is 0. The van der Waals surface area contributed by atoms with Gasteiger partial charge in [-0.3, -0.25) is 0 Å². The maximum Gasteiger partial charge on any atom is 0.268 e. The van der Waals surface area contributed by atoms with Crippen LogP contribution in [0.5, 0.6) is 5.75 Å². The first-order valence-corrected chi connectivity index (χ1v) is 12.3. The Kier molecular flexibility index (Phi) is 5.69. The van der Waals surface area contributed by atoms with Crippen molar-refractivity contribution in [3.63, 3.8) is 0 Å². The van der Waals surface area contributed by atoms with Crippen LogP contribution in [0.15, 0.2) is 114 Å². The van der Waals surface area contributed by atoms with Crippen molar-refractivity contribution in [1.82, 2.24) is 3.97 Å². The minimum absolute atomic E-state index is 0.213. The second-order valence-corrected chi connectivity index (χ2v) is 9.76. The number of hydrogen-bond acceptors (Lipinski definition) is 4. The van der Waals surface area contributed by atoms with E-state index in [4.69, 9.17) is 4.74 Å². The molecule has 1 N–H and O–H groups in total. The van der Waals surface area contributed by atoms with Crippen LogP contribution in [0.2, 0.25) is 0 Å². The quantitative estimate of drug-likeness (QED) is 0.350. The van der Waals surface area contributed by atoms with Gasteiger partial charge in [0.25, 0.3) is 10.0 Å². The predicted molar refractivity (Wildman–Crippen MR) is 133 cm³/mol. The van der Waals surface area contributed by atoms with E-state index in [1.807, 2.05) is 66.7 Å². The molecule has 5 rings (SSSR count). The van der Waals surface area contributed by atoms with Gasteiger partial charge in [0, 0.05) is 5.39 Å². The normalized spacial score (nSPS) is 12.5. The summed E-state index contributed by atoms with van der Waals surface area (Å²) in [5.74, 6) is 0.654. The standard InChI is InChI=1S/C28H23NO4S/c1-33-24-13-8-12-23(18-24)28(30)22-11-7-10-20(17-22)27-19-21-9-5-6-16-26(21)29(27)34(31,32)25-14-3-2-4-15-25/h2-19,28,30H,1H3. The van der Waals surface area contributed by atoms with Crippen LogP contribution < -0.4 is 4.74 Å². The Morgan fingerprint density at radius 2 is 1.44 bits per heavy atom. The lowest BCUT2D eigenvalue weighted by molar-refractivity contribution is 0.220. The van der Waals surface area contributed by atoms with Gasteiger partial charge in [-0.15, -0.1) is 0 Å². The van der Waals surface area contributed by atoms with E-state index in [-0.39, 0.29) is 4.90 Å². The Bertz CT molecular complexity index is 1570. The van der Waals surface area contributed by atoms with Gasteiger partial charge in [-0.05, 0) is 59.2 Å². The average Bonchev–Trinajstić information content (AvgIpc) is 3.29. The molecule has 0 amide bonds. The van der Waals surface area contributed by atoms with Gasteiger partial charge in [-0.1, -0.05) is 66.7 Å². The molecule has 1 aromatic heterocycles. The van der Waals surface area contributed by atoms with Crippen molar-refractivity contribution in [2.24, 2.45) is 0 Å². The lowest BCUT2D eigenvalue weighted by Gasteiger charge is -2.15. The number of para-hydroxylation sites is 1. The summed E-state index contributed by atoms with van der Waals surface area (Å²) in [6.07, 6.45) is -0.890. The lowest BCUT2D eigenvalue weighted by atomic mass is 9.98. The molecule has 0 saturated carbocycles. The average molecular weight is 470 g/mol. The molecule has 1 heterocycles. The molecule has 4 aromatic carbocycles. The van der Waals surface area contributed by atoms with Crippen LogP contribution in [0.25, 0.3) is 22.2 Å². The van der Waals surface area contributed by atoms with E-state index < -0.39 is 16.1 Å². The zero-order valence-electron chi connectivity index (χ0n) is 18.5. The Labute approximate surface area is 198 Å². The summed E-state index contributed by atoms with van der Waals surface area (Å²) in [4.78, 5) is 0.213. The number of nitrogens with zero attached hydrogens (tertiary/aromatic N) is 1. The van der Waals surface area contributed by atoms with E-state index >= 15 is 0 Å². The highest BCUT2D eigenvalue weighted by atomic mass is 32.2. The van der Waals surface area contributed by atoms with Crippen molar-refractivity contribution < 1.29 is 18.3 Å². The molecule has 34 heavy (non-hydrogen) atoms. The number of aromatic nitrogens is 1. The van der Waals surface area contributed by atoms with Gasteiger partial charge in [0.1, 0.15) is 11.9 Å². The van der Waals surface area contributed by atoms with E-state index in [2.05, 4.69) is 0 Å². The second-order valence-electron chi connectivity index (χ2n) is 7.98. The van der Waals surface area contributed by atoms with E-state index in [9.17, 15) is 13.5 Å². The highest BCUT2D eigenvalue weighted by Crippen LogP contribution is 2.34. The minimum atomic E-state index is -3.86. The van der Waals surface area contributed by atoms with Gasteiger partial charge in [0.15, 0.2) is 0 Å². The van der Waals surface area contributed by atoms with Crippen LogP contribution in [0.1, 0.15) is 17.2 Å². The molecule has 170 valence electrons. The molecule has 0 aliphatic rings. The molecule has 5 aromatic rings. The fourth-order valence-corrected chi connectivity index (χ4v) is 5.71. The first-order chi connectivity index (χ1) is 16.5. The number of methoxy groups -OCH3 is 1. The summed E-state index contributed by atoms with van der Waals surface area (Å²) in [6.45, 7) is 0. The molecule has 0 saturated heterocycles. The lowest BCUT2D eigenvalue weighted by Crippen LogP contribution is -2.14. The van der Waals surface area contributed by atoms with Crippen LogP contribution in [-0.4, -0.2) is 24.6 Å². The summed E-state index contributed by atoms with van der Waals surface area (Å²) in [5, 5.41) is 11.9. The van der Waals surface area contributed by atoms with Gasteiger partial charge >= 0.3 is 0 Å². The Morgan fingerprint density at radius 1 is 0.765 bits per heavy atom. The number of aliphatic hydroxyl groups is 1. The summed E-state index contributed by atoms with van der Waals surface area (Å²) < 4.78 is 34.1. The molecule has 0 spiro atoms. The van der Waals surface area contributed by atoms with E-state index in [0.29, 0.717) is 33.7 Å². The topological polar surface area (TPSA) is 68.5 Å². The molecule has 0 aliphatic heterocycles. The molecule has 5 nitrogen and oxygen atoms in total. The fourth-order valence-electron chi connectivity index (χ4n) is 4.16. The third kappa shape index (κ3) is 3.87. The fraction of sp³-hybridized carbons (Fsp3) is 0.0714. The molecule has 6 heteroatoms. The Hall–Kier alpha value is -3.87. The maximum absolute atomic E-state index is 13.7. The molecular weight excluding hydrogens is 446 g/mol. The molecule has 1 atom stereocenters. The van der Waals surface area contributed by atoms with Crippen molar-refractivity contribution >= 4 is 20.9 Å². The van der Waals surface area contributed by atoms with E-state index in [0.717, 1.165) is 5.39 Å². The zero-order chi connectivity index (χ0) is 23.7. The second kappa shape index (κ2) is 8.82. The number of aliphatic hydroxyl groups excluding tert-OH is 1. The summed E-state index contributed by atoms with van der Waals surface area (Å²) in [6, 6.07) is 32.3. The number of hydrogen-bond donors (Lipinski definition) is 1. The largest absolute Gasteiger partial charge is 0.497 e. The molecule has 0 radical (unpaired) electrons. The zero-order valence-corrected chi connectivity index (χ0v) is 19.3. The van der Waals surface area contributed by atoms with Crippen LogP contribution in [-0.2, 0) is 10.0 Å². The molecule has 0 bridgehead atoms. The SMILES string of the molecule is COc1cccc(C(O)c2cccc(-c3cc4ccccc4n3S(=O)(=O)c3ccccc3)c2)c1. The maximum atomic E-state index is 13.7. The molecule has 1 unspecified atom stereocenters. The van der Waals surface area contributed by atoms with Crippen LogP contribution in [0.3, 0.4) is 0 Å². The van der Waals surface area contributed by atoms with Crippen LogP contribution >= 0.6 is 0 Å². The van der Waals surface area contributed by atoms with Crippen LogP contribution in [0, 0.1) is 0 Å². The van der Waals surface area contributed by atoms with Gasteiger partial charge in [0.2, 0.25) is 0 Å². The smallest absolute Gasteiger partial charge is 0.268 e. The van der Waals surface area contributed by atoms with Gasteiger partial charge in [-0.25, -0.2) is 12.4 Å². The van der Waals surface area contributed by atoms with Gasteiger partial charge in [-0.2, -0.15) is 0 Å². The third-order valence-corrected chi connectivity index (χ3v) is 7.60. The summed E-state index contributed by atoms with van der Waals surface area (Å²) in [7, 11) is -2.28. The van der Waals surface area contributed by atoms with Crippen molar-refractivity contribution in [2.75, 3.05) is 7.11 Å². The predicted octanol–water partition coefficient (Wildman–Crippen LogP) is 5.64. The number of benzene rings is 4. The van der Waals surface area contributed by atoms with Gasteiger partial charge in [0.05, 0.1) is 23.2 Å². The number of rotatable bonds is 6. The van der Waals surface area contributed by atoms with Gasteiger partial charge < -0.3 is 9.84 Å². The Morgan fingerprint density at radius 3 is 2.21 bits per heavy atom. The van der Waals surface area contributed by atoms with Crippen LogP contribution in [0.4, 0.5) is 0 Å². The highest BCUT2D eigenvalue weighted by Gasteiger charge is 2.24. The van der Waals surface area contributed by atoms with E-state index in [1.54, 1.807) is 49.6 Å². The monoisotopic (exact) mass is 469 g/mol.